The summed E-state index contributed by atoms with van der Waals surface area (Å²) in [5.74, 6) is 0. The van der Waals surface area contributed by atoms with Gasteiger partial charge >= 0.3 is 0 Å². The smallest absolute Gasteiger partial charge is 0.0637 e. The molecule has 1 unspecified atom stereocenters. The van der Waals surface area contributed by atoms with Crippen molar-refractivity contribution in [2.45, 2.75) is 58.7 Å². The minimum Gasteiger partial charge on any atom is -0.379 e. The van der Waals surface area contributed by atoms with Gasteiger partial charge in [-0.15, -0.1) is 0 Å². The molecule has 0 aliphatic heterocycles. The maximum atomic E-state index is 5.47. The maximum absolute atomic E-state index is 5.47. The first-order chi connectivity index (χ1) is 8.48. The molecule has 1 aromatic carbocycles. The van der Waals surface area contributed by atoms with E-state index in [1.807, 2.05) is 0 Å². The first-order valence-electron chi connectivity index (χ1n) is 6.84. The Morgan fingerprint density at radius 3 is 2.39 bits per heavy atom. The molecule has 1 N–H and O–H groups in total. The highest BCUT2D eigenvalue weighted by molar-refractivity contribution is 5.26. The Kier molecular flexibility index (Phi) is 5.83. The van der Waals surface area contributed by atoms with Crippen molar-refractivity contribution >= 4 is 0 Å². The summed E-state index contributed by atoms with van der Waals surface area (Å²) in [6, 6.07) is 9.09. The van der Waals surface area contributed by atoms with E-state index in [1.54, 1.807) is 7.11 Å². The van der Waals surface area contributed by atoms with Gasteiger partial charge in [-0.05, 0) is 44.7 Å². The second-order valence-corrected chi connectivity index (χ2v) is 5.57. The minimum atomic E-state index is -0.0588. The summed E-state index contributed by atoms with van der Waals surface area (Å²) in [5.41, 5.74) is 2.78. The van der Waals surface area contributed by atoms with Gasteiger partial charge in [0.05, 0.1) is 5.60 Å². The lowest BCUT2D eigenvalue weighted by molar-refractivity contribution is 0.00844. The highest BCUT2D eigenvalue weighted by Crippen LogP contribution is 2.16. The van der Waals surface area contributed by atoms with Gasteiger partial charge in [0.1, 0.15) is 0 Å². The van der Waals surface area contributed by atoms with Gasteiger partial charge in [-0.2, -0.15) is 0 Å². The number of rotatable bonds is 7. The summed E-state index contributed by atoms with van der Waals surface area (Å²) in [7, 11) is 1.78. The summed E-state index contributed by atoms with van der Waals surface area (Å²) in [4.78, 5) is 0. The fraction of sp³-hybridized carbons (Fsp3) is 0.625. The molecule has 18 heavy (non-hydrogen) atoms. The highest BCUT2D eigenvalue weighted by Gasteiger charge is 2.19. The Labute approximate surface area is 112 Å². The van der Waals surface area contributed by atoms with Gasteiger partial charge in [-0.25, -0.2) is 0 Å². The fourth-order valence-corrected chi connectivity index (χ4v) is 2.25. The first-order valence-corrected chi connectivity index (χ1v) is 6.84. The molecule has 0 aromatic heterocycles. The molecule has 0 radical (unpaired) electrons. The molecule has 0 saturated heterocycles. The molecular formula is C16H27NO. The van der Waals surface area contributed by atoms with Crippen molar-refractivity contribution in [3.05, 3.63) is 35.4 Å². The van der Waals surface area contributed by atoms with E-state index in [-0.39, 0.29) is 5.60 Å². The standard InChI is InChI=1S/C16H27NO/c1-6-14-9-7-8-10-15(14)12-17-13(2)11-16(3,4)18-5/h7-10,13,17H,6,11-12H2,1-5H3. The summed E-state index contributed by atoms with van der Waals surface area (Å²) < 4.78 is 5.47. The average molecular weight is 249 g/mol. The molecule has 1 atom stereocenters. The highest BCUT2D eigenvalue weighted by atomic mass is 16.5. The van der Waals surface area contributed by atoms with Crippen LogP contribution in [0.1, 0.15) is 45.2 Å². The van der Waals surface area contributed by atoms with Crippen molar-refractivity contribution in [2.75, 3.05) is 7.11 Å². The van der Waals surface area contributed by atoms with Gasteiger partial charge in [0.15, 0.2) is 0 Å². The lowest BCUT2D eigenvalue weighted by Gasteiger charge is -2.27. The molecule has 0 bridgehead atoms. The SMILES string of the molecule is CCc1ccccc1CNC(C)CC(C)(C)OC. The second kappa shape index (κ2) is 6.91. The van der Waals surface area contributed by atoms with Crippen LogP contribution in [0.15, 0.2) is 24.3 Å². The predicted octanol–water partition coefficient (Wildman–Crippen LogP) is 3.54. The van der Waals surface area contributed by atoms with E-state index in [4.69, 9.17) is 4.74 Å². The lowest BCUT2D eigenvalue weighted by atomic mass is 9.99. The Balaban J connectivity index is 2.50. The summed E-state index contributed by atoms with van der Waals surface area (Å²) in [6.07, 6.45) is 2.10. The number of ether oxygens (including phenoxy) is 1. The third-order valence-corrected chi connectivity index (χ3v) is 3.49. The zero-order valence-corrected chi connectivity index (χ0v) is 12.4. The molecule has 0 heterocycles. The van der Waals surface area contributed by atoms with Gasteiger partial charge in [-0.3, -0.25) is 0 Å². The maximum Gasteiger partial charge on any atom is 0.0637 e. The van der Waals surface area contributed by atoms with Crippen LogP contribution < -0.4 is 5.32 Å². The zero-order valence-electron chi connectivity index (χ0n) is 12.4. The number of hydrogen-bond donors (Lipinski definition) is 1. The number of hydrogen-bond acceptors (Lipinski definition) is 2. The summed E-state index contributed by atoms with van der Waals surface area (Å²) in [5, 5.41) is 3.58. The molecule has 102 valence electrons. The second-order valence-electron chi connectivity index (χ2n) is 5.57. The van der Waals surface area contributed by atoms with E-state index in [0.29, 0.717) is 6.04 Å². The zero-order chi connectivity index (χ0) is 13.6. The van der Waals surface area contributed by atoms with Crippen LogP contribution in [-0.4, -0.2) is 18.8 Å². The van der Waals surface area contributed by atoms with Crippen LogP contribution in [0.2, 0.25) is 0 Å². The molecule has 0 aliphatic carbocycles. The molecule has 0 fully saturated rings. The molecule has 0 aliphatic rings. The van der Waals surface area contributed by atoms with Gasteiger partial charge in [0.2, 0.25) is 0 Å². The van der Waals surface area contributed by atoms with Gasteiger partial charge in [-0.1, -0.05) is 31.2 Å². The Bertz CT molecular complexity index is 360. The van der Waals surface area contributed by atoms with Crippen molar-refractivity contribution in [1.29, 1.82) is 0 Å². The lowest BCUT2D eigenvalue weighted by Crippen LogP contribution is -2.35. The molecule has 0 amide bonds. The van der Waals surface area contributed by atoms with Gasteiger partial charge < -0.3 is 10.1 Å². The van der Waals surface area contributed by atoms with Crippen LogP contribution in [0.5, 0.6) is 0 Å². The van der Waals surface area contributed by atoms with Crippen molar-refractivity contribution in [3.8, 4) is 0 Å². The predicted molar refractivity (Wildman–Crippen MR) is 77.8 cm³/mol. The average Bonchev–Trinajstić information content (AvgIpc) is 2.36. The third kappa shape index (κ3) is 4.79. The van der Waals surface area contributed by atoms with Crippen molar-refractivity contribution in [3.63, 3.8) is 0 Å². The van der Waals surface area contributed by atoms with E-state index >= 15 is 0 Å². The van der Waals surface area contributed by atoms with Crippen LogP contribution in [0.25, 0.3) is 0 Å². The van der Waals surface area contributed by atoms with Gasteiger partial charge in [0.25, 0.3) is 0 Å². The molecule has 1 aromatic rings. The first kappa shape index (κ1) is 15.2. The topological polar surface area (TPSA) is 21.3 Å². The Morgan fingerprint density at radius 1 is 1.22 bits per heavy atom. The van der Waals surface area contributed by atoms with Crippen molar-refractivity contribution in [1.82, 2.24) is 5.32 Å². The molecule has 0 spiro atoms. The molecule has 0 saturated carbocycles. The van der Waals surface area contributed by atoms with Crippen molar-refractivity contribution < 1.29 is 4.74 Å². The van der Waals surface area contributed by atoms with E-state index in [9.17, 15) is 0 Å². The molecular weight excluding hydrogens is 222 g/mol. The Morgan fingerprint density at radius 2 is 1.83 bits per heavy atom. The number of methoxy groups -OCH3 is 1. The summed E-state index contributed by atoms with van der Waals surface area (Å²) in [6.45, 7) is 9.62. The fourth-order valence-electron chi connectivity index (χ4n) is 2.25. The number of nitrogens with one attached hydrogen (secondary N) is 1. The molecule has 2 heteroatoms. The number of aryl methyl sites for hydroxylation is 1. The van der Waals surface area contributed by atoms with Crippen LogP contribution in [0, 0.1) is 0 Å². The van der Waals surface area contributed by atoms with E-state index in [0.717, 1.165) is 19.4 Å². The monoisotopic (exact) mass is 249 g/mol. The van der Waals surface area contributed by atoms with Crippen LogP contribution >= 0.6 is 0 Å². The van der Waals surface area contributed by atoms with Gasteiger partial charge in [0, 0.05) is 19.7 Å². The largest absolute Gasteiger partial charge is 0.379 e. The van der Waals surface area contributed by atoms with Crippen LogP contribution in [0.4, 0.5) is 0 Å². The molecule has 2 nitrogen and oxygen atoms in total. The van der Waals surface area contributed by atoms with Crippen LogP contribution in [-0.2, 0) is 17.7 Å². The Hall–Kier alpha value is -0.860. The quantitative estimate of drug-likeness (QED) is 0.798. The van der Waals surface area contributed by atoms with Crippen molar-refractivity contribution in [2.24, 2.45) is 0 Å². The number of benzene rings is 1. The van der Waals surface area contributed by atoms with E-state index < -0.39 is 0 Å². The van der Waals surface area contributed by atoms with E-state index in [1.165, 1.54) is 11.1 Å². The molecule has 1 rings (SSSR count). The summed E-state index contributed by atoms with van der Waals surface area (Å²) >= 11 is 0. The van der Waals surface area contributed by atoms with E-state index in [2.05, 4.69) is 57.3 Å². The normalized spacial score (nSPS) is 13.6. The van der Waals surface area contributed by atoms with Crippen LogP contribution in [0.3, 0.4) is 0 Å². The minimum absolute atomic E-state index is 0.0588. The third-order valence-electron chi connectivity index (χ3n) is 3.49.